The van der Waals surface area contributed by atoms with E-state index in [1.807, 2.05) is 19.9 Å². The average molecular weight is 480 g/mol. The van der Waals surface area contributed by atoms with Crippen LogP contribution in [0, 0.1) is 0 Å². The minimum atomic E-state index is -0.929. The molecule has 2 saturated heterocycles. The first kappa shape index (κ1) is 24.7. The van der Waals surface area contributed by atoms with E-state index in [2.05, 4.69) is 5.32 Å². The molecule has 35 heavy (non-hydrogen) atoms. The van der Waals surface area contributed by atoms with Gasteiger partial charge in [0.2, 0.25) is 5.91 Å². The summed E-state index contributed by atoms with van der Waals surface area (Å²) in [6.07, 6.45) is 1.65. The number of carbonyl (C=O) groups is 3. The van der Waals surface area contributed by atoms with Gasteiger partial charge in [0.05, 0.1) is 13.7 Å². The Labute approximate surface area is 206 Å². The van der Waals surface area contributed by atoms with Crippen molar-refractivity contribution in [1.29, 1.82) is 0 Å². The Morgan fingerprint density at radius 3 is 2.26 bits per heavy atom. The maximum Gasteiger partial charge on any atom is 0.256 e. The van der Waals surface area contributed by atoms with Gasteiger partial charge in [-0.05, 0) is 49.7 Å². The molecule has 2 aliphatic rings. The number of methoxy groups -OCH3 is 1. The molecule has 3 amide bonds. The summed E-state index contributed by atoms with van der Waals surface area (Å²) in [4.78, 5) is 43.3. The van der Waals surface area contributed by atoms with Crippen molar-refractivity contribution in [2.45, 2.75) is 50.9 Å². The van der Waals surface area contributed by atoms with Crippen LogP contribution in [-0.4, -0.2) is 72.1 Å². The summed E-state index contributed by atoms with van der Waals surface area (Å²) in [5.74, 6) is 0.169. The van der Waals surface area contributed by atoms with Crippen LogP contribution in [0.4, 0.5) is 0 Å². The Kier molecular flexibility index (Phi) is 7.40. The van der Waals surface area contributed by atoms with Crippen LogP contribution in [0.15, 0.2) is 54.6 Å². The number of likely N-dealkylation sites (tertiary alicyclic amines) is 1. The summed E-state index contributed by atoms with van der Waals surface area (Å²) < 4.78 is 11.4. The quantitative estimate of drug-likeness (QED) is 0.688. The number of piperidine rings is 1. The first-order chi connectivity index (χ1) is 16.9. The number of amides is 3. The molecule has 2 aromatic carbocycles. The van der Waals surface area contributed by atoms with Gasteiger partial charge in [-0.1, -0.05) is 25.1 Å². The molecule has 0 aromatic heterocycles. The third-order valence-corrected chi connectivity index (χ3v) is 6.97. The van der Waals surface area contributed by atoms with E-state index in [4.69, 9.17) is 9.47 Å². The molecule has 2 atom stereocenters. The summed E-state index contributed by atoms with van der Waals surface area (Å²) in [7, 11) is 1.58. The SMILES string of the molecule is CCC(C)NC(=O)C1COC2(CCN(C(=O)c3ccc(OC)cc3)CC2)N1C(=O)c1ccccc1. The molecule has 1 spiro atoms. The second kappa shape index (κ2) is 10.5. The van der Waals surface area contributed by atoms with Crippen LogP contribution < -0.4 is 10.1 Å². The highest BCUT2D eigenvalue weighted by molar-refractivity contribution is 5.98. The van der Waals surface area contributed by atoms with Crippen molar-refractivity contribution in [2.24, 2.45) is 0 Å². The predicted octanol–water partition coefficient (Wildman–Crippen LogP) is 3.08. The van der Waals surface area contributed by atoms with Crippen molar-refractivity contribution in [3.05, 3.63) is 65.7 Å². The summed E-state index contributed by atoms with van der Waals surface area (Å²) in [5, 5.41) is 3.00. The zero-order valence-electron chi connectivity index (χ0n) is 20.5. The average Bonchev–Trinajstić information content (AvgIpc) is 3.27. The van der Waals surface area contributed by atoms with Crippen molar-refractivity contribution in [3.8, 4) is 5.75 Å². The minimum Gasteiger partial charge on any atom is -0.497 e. The van der Waals surface area contributed by atoms with E-state index in [0.29, 0.717) is 42.8 Å². The lowest BCUT2D eigenvalue weighted by atomic mass is 9.96. The summed E-state index contributed by atoms with van der Waals surface area (Å²) >= 11 is 0. The lowest BCUT2D eigenvalue weighted by molar-refractivity contribution is -0.128. The number of nitrogens with one attached hydrogen (secondary N) is 1. The van der Waals surface area contributed by atoms with Gasteiger partial charge in [0, 0.05) is 43.1 Å². The van der Waals surface area contributed by atoms with Gasteiger partial charge in [0.25, 0.3) is 11.8 Å². The van der Waals surface area contributed by atoms with E-state index in [-0.39, 0.29) is 30.4 Å². The number of hydrogen-bond donors (Lipinski definition) is 1. The maximum atomic E-state index is 13.7. The van der Waals surface area contributed by atoms with E-state index < -0.39 is 11.8 Å². The van der Waals surface area contributed by atoms with Crippen molar-refractivity contribution in [1.82, 2.24) is 15.1 Å². The molecule has 0 bridgehead atoms. The van der Waals surface area contributed by atoms with Crippen molar-refractivity contribution < 1.29 is 23.9 Å². The van der Waals surface area contributed by atoms with Crippen LogP contribution in [0.1, 0.15) is 53.8 Å². The lowest BCUT2D eigenvalue weighted by Crippen LogP contribution is -2.60. The molecular weight excluding hydrogens is 446 g/mol. The zero-order chi connectivity index (χ0) is 25.0. The Hall–Kier alpha value is -3.39. The Morgan fingerprint density at radius 1 is 1.03 bits per heavy atom. The highest BCUT2D eigenvalue weighted by Gasteiger charge is 2.54. The number of ether oxygens (including phenoxy) is 2. The smallest absolute Gasteiger partial charge is 0.256 e. The van der Waals surface area contributed by atoms with Gasteiger partial charge in [-0.2, -0.15) is 0 Å². The van der Waals surface area contributed by atoms with Gasteiger partial charge in [-0.15, -0.1) is 0 Å². The van der Waals surface area contributed by atoms with E-state index in [1.165, 1.54) is 0 Å². The lowest BCUT2D eigenvalue weighted by Gasteiger charge is -2.44. The van der Waals surface area contributed by atoms with Gasteiger partial charge in [-0.3, -0.25) is 19.3 Å². The van der Waals surface area contributed by atoms with E-state index >= 15 is 0 Å². The van der Waals surface area contributed by atoms with Gasteiger partial charge >= 0.3 is 0 Å². The molecule has 2 fully saturated rings. The number of nitrogens with zero attached hydrogens (tertiary/aromatic N) is 2. The molecule has 8 nitrogen and oxygen atoms in total. The number of carbonyl (C=O) groups excluding carboxylic acids is 3. The highest BCUT2D eigenvalue weighted by Crippen LogP contribution is 2.39. The Bertz CT molecular complexity index is 1050. The Balaban J connectivity index is 1.54. The van der Waals surface area contributed by atoms with Crippen LogP contribution in [0.5, 0.6) is 5.75 Å². The first-order valence-corrected chi connectivity index (χ1v) is 12.1. The van der Waals surface area contributed by atoms with Gasteiger partial charge in [0.15, 0.2) is 0 Å². The van der Waals surface area contributed by atoms with Crippen LogP contribution in [0.2, 0.25) is 0 Å². The molecule has 186 valence electrons. The maximum absolute atomic E-state index is 13.7. The van der Waals surface area contributed by atoms with Crippen molar-refractivity contribution in [3.63, 3.8) is 0 Å². The fourth-order valence-corrected chi connectivity index (χ4v) is 4.70. The molecular formula is C27H33N3O5. The molecule has 2 aromatic rings. The molecule has 4 rings (SSSR count). The van der Waals surface area contributed by atoms with Gasteiger partial charge in [0.1, 0.15) is 17.5 Å². The second-order valence-corrected chi connectivity index (χ2v) is 9.15. The zero-order valence-corrected chi connectivity index (χ0v) is 20.5. The number of hydrogen-bond acceptors (Lipinski definition) is 5. The first-order valence-electron chi connectivity index (χ1n) is 12.1. The van der Waals surface area contributed by atoms with Crippen LogP contribution in [0.3, 0.4) is 0 Å². The number of rotatable bonds is 6. The largest absolute Gasteiger partial charge is 0.497 e. The molecule has 0 radical (unpaired) electrons. The fraction of sp³-hybridized carbons (Fsp3) is 0.444. The molecule has 2 unspecified atom stereocenters. The summed E-state index contributed by atoms with van der Waals surface area (Å²) in [6, 6.07) is 15.3. The van der Waals surface area contributed by atoms with Crippen molar-refractivity contribution >= 4 is 17.7 Å². The van der Waals surface area contributed by atoms with Crippen LogP contribution >= 0.6 is 0 Å². The molecule has 0 saturated carbocycles. The third kappa shape index (κ3) is 5.03. The predicted molar refractivity (Wildman–Crippen MR) is 131 cm³/mol. The monoisotopic (exact) mass is 479 g/mol. The normalized spacial score (nSPS) is 19.9. The van der Waals surface area contributed by atoms with E-state index in [0.717, 1.165) is 6.42 Å². The van der Waals surface area contributed by atoms with Gasteiger partial charge < -0.3 is 19.7 Å². The third-order valence-electron chi connectivity index (χ3n) is 6.97. The van der Waals surface area contributed by atoms with Crippen LogP contribution in [0.25, 0.3) is 0 Å². The molecule has 1 N–H and O–H groups in total. The topological polar surface area (TPSA) is 88.2 Å². The van der Waals surface area contributed by atoms with E-state index in [9.17, 15) is 14.4 Å². The van der Waals surface area contributed by atoms with Crippen molar-refractivity contribution in [2.75, 3.05) is 26.8 Å². The minimum absolute atomic E-state index is 0.00306. The number of benzene rings is 2. The molecule has 2 aliphatic heterocycles. The summed E-state index contributed by atoms with van der Waals surface area (Å²) in [5.41, 5.74) is 0.161. The second-order valence-electron chi connectivity index (χ2n) is 9.15. The van der Waals surface area contributed by atoms with Crippen LogP contribution in [-0.2, 0) is 9.53 Å². The molecule has 0 aliphatic carbocycles. The molecule has 8 heteroatoms. The standard InChI is InChI=1S/C27H33N3O5/c1-4-19(2)28-24(31)23-18-35-27(30(23)26(33)20-8-6-5-7-9-20)14-16-29(17-15-27)25(32)21-10-12-22(34-3)13-11-21/h5-13,19,23H,4,14-18H2,1-3H3,(H,28,31). The van der Waals surface area contributed by atoms with Gasteiger partial charge in [-0.25, -0.2) is 0 Å². The Morgan fingerprint density at radius 2 is 1.66 bits per heavy atom. The summed E-state index contributed by atoms with van der Waals surface area (Å²) in [6.45, 7) is 4.91. The molecule has 2 heterocycles. The fourth-order valence-electron chi connectivity index (χ4n) is 4.70. The van der Waals surface area contributed by atoms with E-state index in [1.54, 1.807) is 65.4 Å². The highest BCUT2D eigenvalue weighted by atomic mass is 16.5.